The Labute approximate surface area is 104 Å². The summed E-state index contributed by atoms with van der Waals surface area (Å²) in [5.41, 5.74) is 9.53. The average molecular weight is 252 g/mol. The Balaban J connectivity index is 2.39. The van der Waals surface area contributed by atoms with Gasteiger partial charge in [-0.1, -0.05) is 13.3 Å². The Morgan fingerprint density at radius 3 is 2.75 bits per heavy atom. The lowest BCUT2D eigenvalue weighted by Gasteiger charge is -1.94. The number of thiophene rings is 1. The largest absolute Gasteiger partial charge is 0.326 e. The van der Waals surface area contributed by atoms with E-state index < -0.39 is 0 Å². The van der Waals surface area contributed by atoms with E-state index in [1.165, 1.54) is 21.7 Å². The van der Waals surface area contributed by atoms with Crippen LogP contribution in [0, 0.1) is 6.92 Å². The quantitative estimate of drug-likeness (QED) is 0.903. The van der Waals surface area contributed by atoms with Gasteiger partial charge in [0.1, 0.15) is 5.01 Å². The second kappa shape index (κ2) is 5.08. The minimum Gasteiger partial charge on any atom is -0.326 e. The number of thiazole rings is 1. The molecule has 0 fully saturated rings. The van der Waals surface area contributed by atoms with Crippen LogP contribution in [-0.2, 0) is 13.0 Å². The number of aromatic nitrogens is 1. The predicted molar refractivity (Wildman–Crippen MR) is 72.1 cm³/mol. The standard InChI is InChI=1S/C12H16N2S2/c1-3-4-10-11(5-13)16-12(14-10)9-7-15-6-8(9)2/h6-7H,3-5,13H2,1-2H3. The molecule has 0 aliphatic heterocycles. The van der Waals surface area contributed by atoms with Gasteiger partial charge in [0.15, 0.2) is 0 Å². The lowest BCUT2D eigenvalue weighted by atomic mass is 10.2. The average Bonchev–Trinajstić information content (AvgIpc) is 2.85. The van der Waals surface area contributed by atoms with E-state index in [0.29, 0.717) is 6.54 Å². The summed E-state index contributed by atoms with van der Waals surface area (Å²) in [6.07, 6.45) is 2.16. The van der Waals surface area contributed by atoms with Gasteiger partial charge in [-0.2, -0.15) is 11.3 Å². The molecule has 0 saturated heterocycles. The van der Waals surface area contributed by atoms with E-state index in [9.17, 15) is 0 Å². The van der Waals surface area contributed by atoms with E-state index >= 15 is 0 Å². The summed E-state index contributed by atoms with van der Waals surface area (Å²) in [5, 5.41) is 5.46. The molecule has 0 aromatic carbocycles. The molecule has 4 heteroatoms. The van der Waals surface area contributed by atoms with Crippen molar-refractivity contribution in [2.45, 2.75) is 33.2 Å². The molecule has 2 rings (SSSR count). The van der Waals surface area contributed by atoms with Crippen molar-refractivity contribution in [3.05, 3.63) is 26.9 Å². The highest BCUT2D eigenvalue weighted by atomic mass is 32.1. The molecular weight excluding hydrogens is 236 g/mol. The van der Waals surface area contributed by atoms with Gasteiger partial charge in [-0.15, -0.1) is 11.3 Å². The van der Waals surface area contributed by atoms with Gasteiger partial charge in [-0.3, -0.25) is 0 Å². The van der Waals surface area contributed by atoms with Crippen LogP contribution in [-0.4, -0.2) is 4.98 Å². The second-order valence-corrected chi connectivity index (χ2v) is 5.64. The van der Waals surface area contributed by atoms with Gasteiger partial charge >= 0.3 is 0 Å². The summed E-state index contributed by atoms with van der Waals surface area (Å²) in [6.45, 7) is 4.92. The van der Waals surface area contributed by atoms with Gasteiger partial charge in [0, 0.05) is 22.4 Å². The van der Waals surface area contributed by atoms with Crippen LogP contribution in [0.25, 0.3) is 10.6 Å². The first-order valence-corrected chi connectivity index (χ1v) is 7.24. The van der Waals surface area contributed by atoms with Crippen molar-refractivity contribution < 1.29 is 0 Å². The highest BCUT2D eigenvalue weighted by molar-refractivity contribution is 7.15. The van der Waals surface area contributed by atoms with Crippen molar-refractivity contribution in [3.63, 3.8) is 0 Å². The van der Waals surface area contributed by atoms with Gasteiger partial charge in [0.25, 0.3) is 0 Å². The molecule has 0 amide bonds. The molecule has 0 spiro atoms. The van der Waals surface area contributed by atoms with Gasteiger partial charge in [0.05, 0.1) is 5.69 Å². The van der Waals surface area contributed by atoms with Crippen LogP contribution < -0.4 is 5.73 Å². The first-order chi connectivity index (χ1) is 7.76. The van der Waals surface area contributed by atoms with Crippen LogP contribution in [0.3, 0.4) is 0 Å². The van der Waals surface area contributed by atoms with Crippen molar-refractivity contribution in [1.82, 2.24) is 4.98 Å². The molecule has 2 heterocycles. The van der Waals surface area contributed by atoms with Gasteiger partial charge < -0.3 is 5.73 Å². The number of nitrogens with zero attached hydrogens (tertiary/aromatic N) is 1. The Morgan fingerprint density at radius 2 is 2.19 bits per heavy atom. The van der Waals surface area contributed by atoms with Crippen LogP contribution >= 0.6 is 22.7 Å². The molecule has 0 radical (unpaired) electrons. The summed E-state index contributed by atoms with van der Waals surface area (Å²) in [5.74, 6) is 0. The summed E-state index contributed by atoms with van der Waals surface area (Å²) in [6, 6.07) is 0. The Kier molecular flexibility index (Phi) is 3.74. The predicted octanol–water partition coefficient (Wildman–Crippen LogP) is 3.59. The van der Waals surface area contributed by atoms with Gasteiger partial charge in [-0.25, -0.2) is 4.98 Å². The van der Waals surface area contributed by atoms with Crippen molar-refractivity contribution in [2.75, 3.05) is 0 Å². The van der Waals surface area contributed by atoms with E-state index in [4.69, 9.17) is 10.7 Å². The van der Waals surface area contributed by atoms with E-state index in [1.807, 2.05) is 0 Å². The third-order valence-electron chi connectivity index (χ3n) is 2.54. The fourth-order valence-corrected chi connectivity index (χ4v) is 3.65. The smallest absolute Gasteiger partial charge is 0.125 e. The number of nitrogens with two attached hydrogens (primary N) is 1. The summed E-state index contributed by atoms with van der Waals surface area (Å²) < 4.78 is 0. The van der Waals surface area contributed by atoms with Gasteiger partial charge in [0.2, 0.25) is 0 Å². The van der Waals surface area contributed by atoms with Crippen molar-refractivity contribution in [3.8, 4) is 10.6 Å². The molecule has 0 saturated carbocycles. The minimum absolute atomic E-state index is 0.607. The SMILES string of the molecule is CCCc1nc(-c2cscc2C)sc1CN. The highest BCUT2D eigenvalue weighted by Gasteiger charge is 2.12. The highest BCUT2D eigenvalue weighted by Crippen LogP contribution is 2.32. The normalized spacial score (nSPS) is 10.9. The maximum atomic E-state index is 5.76. The number of rotatable bonds is 4. The van der Waals surface area contributed by atoms with Crippen molar-refractivity contribution in [2.24, 2.45) is 5.73 Å². The van der Waals surface area contributed by atoms with Crippen LogP contribution in [0.5, 0.6) is 0 Å². The molecular formula is C12H16N2S2. The molecule has 0 bridgehead atoms. The van der Waals surface area contributed by atoms with E-state index in [0.717, 1.165) is 17.8 Å². The molecule has 0 aliphatic rings. The number of hydrogen-bond donors (Lipinski definition) is 1. The van der Waals surface area contributed by atoms with Crippen LogP contribution in [0.15, 0.2) is 10.8 Å². The minimum atomic E-state index is 0.607. The zero-order valence-corrected chi connectivity index (χ0v) is 11.3. The van der Waals surface area contributed by atoms with E-state index in [2.05, 4.69) is 24.6 Å². The number of aryl methyl sites for hydroxylation is 2. The molecule has 2 N–H and O–H groups in total. The molecule has 2 aromatic heterocycles. The molecule has 86 valence electrons. The Morgan fingerprint density at radius 1 is 1.38 bits per heavy atom. The maximum absolute atomic E-state index is 5.76. The summed E-state index contributed by atoms with van der Waals surface area (Å²) in [7, 11) is 0. The topological polar surface area (TPSA) is 38.9 Å². The third-order valence-corrected chi connectivity index (χ3v) is 4.55. The summed E-state index contributed by atoms with van der Waals surface area (Å²) in [4.78, 5) is 5.96. The zero-order valence-electron chi connectivity index (χ0n) is 9.62. The van der Waals surface area contributed by atoms with Crippen molar-refractivity contribution in [1.29, 1.82) is 0 Å². The molecule has 0 unspecified atom stereocenters. The fraction of sp³-hybridized carbons (Fsp3) is 0.417. The fourth-order valence-electron chi connectivity index (χ4n) is 1.67. The third kappa shape index (κ3) is 2.19. The maximum Gasteiger partial charge on any atom is 0.125 e. The Bertz CT molecular complexity index is 471. The monoisotopic (exact) mass is 252 g/mol. The molecule has 2 aromatic rings. The Hall–Kier alpha value is -0.710. The van der Waals surface area contributed by atoms with Crippen LogP contribution in [0.4, 0.5) is 0 Å². The summed E-state index contributed by atoms with van der Waals surface area (Å²) >= 11 is 3.47. The van der Waals surface area contributed by atoms with Gasteiger partial charge in [-0.05, 0) is 24.3 Å². The zero-order chi connectivity index (χ0) is 11.5. The molecule has 16 heavy (non-hydrogen) atoms. The van der Waals surface area contributed by atoms with E-state index in [1.54, 1.807) is 22.7 Å². The number of hydrogen-bond acceptors (Lipinski definition) is 4. The second-order valence-electron chi connectivity index (χ2n) is 3.81. The molecule has 0 aliphatic carbocycles. The lowest BCUT2D eigenvalue weighted by molar-refractivity contribution is 0.872. The molecule has 2 nitrogen and oxygen atoms in total. The van der Waals surface area contributed by atoms with Crippen LogP contribution in [0.2, 0.25) is 0 Å². The van der Waals surface area contributed by atoms with E-state index in [-0.39, 0.29) is 0 Å². The molecule has 0 atom stereocenters. The van der Waals surface area contributed by atoms with Crippen LogP contribution in [0.1, 0.15) is 29.5 Å². The first kappa shape index (κ1) is 11.8. The first-order valence-electron chi connectivity index (χ1n) is 5.48. The lowest BCUT2D eigenvalue weighted by Crippen LogP contribution is -1.97. The van der Waals surface area contributed by atoms with Crippen molar-refractivity contribution >= 4 is 22.7 Å².